The summed E-state index contributed by atoms with van der Waals surface area (Å²) in [5, 5.41) is 8.53. The Morgan fingerprint density at radius 2 is 1.89 bits per heavy atom. The van der Waals surface area contributed by atoms with Gasteiger partial charge in [0.15, 0.2) is 16.6 Å². The molecule has 6 nitrogen and oxygen atoms in total. The first-order chi connectivity index (χ1) is 13.1. The smallest absolute Gasteiger partial charge is 0.275 e. The van der Waals surface area contributed by atoms with Crippen LogP contribution in [0.15, 0.2) is 41.8 Å². The highest BCUT2D eigenvalue weighted by Crippen LogP contribution is 2.33. The van der Waals surface area contributed by atoms with E-state index in [0.29, 0.717) is 41.2 Å². The number of rotatable bonds is 4. The Bertz CT molecular complexity index is 1000. The van der Waals surface area contributed by atoms with E-state index in [4.69, 9.17) is 9.47 Å². The van der Waals surface area contributed by atoms with Gasteiger partial charge in [-0.2, -0.15) is 0 Å². The summed E-state index contributed by atoms with van der Waals surface area (Å²) in [5.41, 5.74) is 4.32. The maximum Gasteiger partial charge on any atom is 0.275 e. The number of nitrogens with one attached hydrogen (secondary N) is 2. The zero-order valence-electron chi connectivity index (χ0n) is 15.0. The molecule has 7 heteroatoms. The van der Waals surface area contributed by atoms with Crippen LogP contribution < -0.4 is 20.1 Å². The number of aromatic nitrogens is 1. The van der Waals surface area contributed by atoms with Crippen LogP contribution in [-0.2, 0) is 0 Å². The van der Waals surface area contributed by atoms with E-state index in [9.17, 15) is 4.79 Å². The van der Waals surface area contributed by atoms with Gasteiger partial charge in [-0.1, -0.05) is 17.7 Å². The van der Waals surface area contributed by atoms with Crippen molar-refractivity contribution in [1.29, 1.82) is 0 Å². The highest BCUT2D eigenvalue weighted by Gasteiger charge is 2.15. The monoisotopic (exact) mass is 381 g/mol. The van der Waals surface area contributed by atoms with E-state index >= 15 is 0 Å². The van der Waals surface area contributed by atoms with Crippen molar-refractivity contribution in [3.05, 3.63) is 58.6 Å². The average molecular weight is 381 g/mol. The first-order valence-electron chi connectivity index (χ1n) is 8.59. The van der Waals surface area contributed by atoms with Crippen molar-refractivity contribution in [3.8, 4) is 11.5 Å². The number of carbonyl (C=O) groups excluding carboxylic acids is 1. The maximum absolute atomic E-state index is 12.5. The number of aryl methyl sites for hydroxylation is 2. The fraction of sp³-hybridized carbons (Fsp3) is 0.200. The number of nitrogens with zero attached hydrogens (tertiary/aromatic N) is 1. The average Bonchev–Trinajstić information content (AvgIpc) is 3.13. The Balaban J connectivity index is 1.45. The molecule has 0 unspecified atom stereocenters. The number of carbonyl (C=O) groups is 1. The Hall–Kier alpha value is -3.06. The van der Waals surface area contributed by atoms with E-state index in [0.717, 1.165) is 11.3 Å². The van der Waals surface area contributed by atoms with E-state index in [1.807, 2.05) is 19.1 Å². The van der Waals surface area contributed by atoms with Crippen LogP contribution in [-0.4, -0.2) is 24.1 Å². The van der Waals surface area contributed by atoms with Gasteiger partial charge in [-0.25, -0.2) is 4.98 Å². The van der Waals surface area contributed by atoms with Gasteiger partial charge in [-0.05, 0) is 37.6 Å². The zero-order chi connectivity index (χ0) is 18.8. The van der Waals surface area contributed by atoms with E-state index in [1.165, 1.54) is 16.9 Å². The van der Waals surface area contributed by atoms with Crippen molar-refractivity contribution < 1.29 is 14.3 Å². The van der Waals surface area contributed by atoms with Crippen molar-refractivity contribution in [2.75, 3.05) is 23.8 Å². The zero-order valence-corrected chi connectivity index (χ0v) is 15.9. The first kappa shape index (κ1) is 17.4. The van der Waals surface area contributed by atoms with Crippen LogP contribution in [0.4, 0.5) is 16.5 Å². The molecule has 0 radical (unpaired) electrons. The van der Waals surface area contributed by atoms with Gasteiger partial charge in [0.2, 0.25) is 0 Å². The van der Waals surface area contributed by atoms with Gasteiger partial charge >= 0.3 is 0 Å². The van der Waals surface area contributed by atoms with Crippen LogP contribution >= 0.6 is 11.3 Å². The lowest BCUT2D eigenvalue weighted by Gasteiger charge is -2.18. The molecule has 138 valence electrons. The van der Waals surface area contributed by atoms with Crippen LogP contribution in [0.3, 0.4) is 0 Å². The van der Waals surface area contributed by atoms with Crippen molar-refractivity contribution >= 4 is 33.8 Å². The summed E-state index contributed by atoms with van der Waals surface area (Å²) in [6.45, 7) is 5.14. The Labute approximate surface area is 161 Å². The van der Waals surface area contributed by atoms with Crippen LogP contribution in [0.2, 0.25) is 0 Å². The molecule has 0 atom stereocenters. The summed E-state index contributed by atoms with van der Waals surface area (Å²) >= 11 is 1.39. The molecule has 3 aromatic rings. The van der Waals surface area contributed by atoms with E-state index in [-0.39, 0.29) is 5.91 Å². The molecule has 0 aliphatic carbocycles. The molecule has 4 rings (SSSR count). The van der Waals surface area contributed by atoms with Gasteiger partial charge in [0, 0.05) is 22.8 Å². The number of amides is 1. The summed E-state index contributed by atoms with van der Waals surface area (Å²) in [7, 11) is 0. The molecule has 0 bridgehead atoms. The number of anilines is 3. The predicted molar refractivity (Wildman–Crippen MR) is 107 cm³/mol. The van der Waals surface area contributed by atoms with Crippen molar-refractivity contribution in [2.45, 2.75) is 13.8 Å². The fourth-order valence-corrected chi connectivity index (χ4v) is 3.52. The lowest BCUT2D eigenvalue weighted by atomic mass is 10.1. The lowest BCUT2D eigenvalue weighted by molar-refractivity contribution is 0.102. The minimum absolute atomic E-state index is 0.267. The molecular formula is C20H19N3O3S. The Morgan fingerprint density at radius 3 is 2.70 bits per heavy atom. The molecule has 1 aliphatic rings. The fourth-order valence-electron chi connectivity index (χ4n) is 2.82. The number of fused-ring (bicyclic) bond motifs is 1. The number of hydrogen-bond donors (Lipinski definition) is 2. The largest absolute Gasteiger partial charge is 0.486 e. The summed E-state index contributed by atoms with van der Waals surface area (Å²) in [6.07, 6.45) is 0. The highest BCUT2D eigenvalue weighted by atomic mass is 32.1. The second kappa shape index (κ2) is 7.28. The van der Waals surface area contributed by atoms with Crippen LogP contribution in [0.5, 0.6) is 11.5 Å². The van der Waals surface area contributed by atoms with Gasteiger partial charge in [0.1, 0.15) is 18.9 Å². The summed E-state index contributed by atoms with van der Waals surface area (Å²) in [4.78, 5) is 16.9. The summed E-state index contributed by atoms with van der Waals surface area (Å²) in [6, 6.07) is 11.5. The third-order valence-corrected chi connectivity index (χ3v) is 4.92. The van der Waals surface area contributed by atoms with E-state index in [1.54, 1.807) is 23.6 Å². The second-order valence-electron chi connectivity index (χ2n) is 6.29. The molecular weight excluding hydrogens is 362 g/mol. The van der Waals surface area contributed by atoms with Gasteiger partial charge in [0.05, 0.1) is 0 Å². The summed E-state index contributed by atoms with van der Waals surface area (Å²) < 4.78 is 11.0. The standard InChI is InChI=1S/C20H19N3O3S/c1-12-3-5-15(13(2)9-12)22-20-23-16(11-27-20)19(24)21-14-4-6-17-18(10-14)26-8-7-25-17/h3-6,9-11H,7-8H2,1-2H3,(H,21,24)(H,22,23). The molecule has 0 spiro atoms. The molecule has 0 fully saturated rings. The molecule has 2 aromatic carbocycles. The normalized spacial score (nSPS) is 12.5. The van der Waals surface area contributed by atoms with Crippen molar-refractivity contribution in [1.82, 2.24) is 4.98 Å². The van der Waals surface area contributed by atoms with Crippen molar-refractivity contribution in [2.24, 2.45) is 0 Å². The topological polar surface area (TPSA) is 72.5 Å². The number of hydrogen-bond acceptors (Lipinski definition) is 6. The van der Waals surface area contributed by atoms with Gasteiger partial charge in [-0.3, -0.25) is 4.79 Å². The number of thiazole rings is 1. The molecule has 27 heavy (non-hydrogen) atoms. The molecule has 0 saturated carbocycles. The number of benzene rings is 2. The Kier molecular flexibility index (Phi) is 4.68. The van der Waals surface area contributed by atoms with Gasteiger partial charge < -0.3 is 20.1 Å². The lowest BCUT2D eigenvalue weighted by Crippen LogP contribution is -2.16. The second-order valence-corrected chi connectivity index (χ2v) is 7.15. The van der Waals surface area contributed by atoms with E-state index in [2.05, 4.69) is 28.6 Å². The Morgan fingerprint density at radius 1 is 1.07 bits per heavy atom. The van der Waals surface area contributed by atoms with Crippen molar-refractivity contribution in [3.63, 3.8) is 0 Å². The quantitative estimate of drug-likeness (QED) is 0.695. The highest BCUT2D eigenvalue weighted by molar-refractivity contribution is 7.14. The maximum atomic E-state index is 12.5. The predicted octanol–water partition coefficient (Wildman–Crippen LogP) is 4.53. The first-order valence-corrected chi connectivity index (χ1v) is 9.47. The number of ether oxygens (including phenoxy) is 2. The third kappa shape index (κ3) is 3.88. The molecule has 2 heterocycles. The minimum atomic E-state index is -0.267. The summed E-state index contributed by atoms with van der Waals surface area (Å²) in [5.74, 6) is 1.05. The molecule has 2 N–H and O–H groups in total. The minimum Gasteiger partial charge on any atom is -0.486 e. The molecule has 1 amide bonds. The van der Waals surface area contributed by atoms with Crippen LogP contribution in [0.1, 0.15) is 21.6 Å². The van der Waals surface area contributed by atoms with Gasteiger partial charge in [-0.15, -0.1) is 11.3 Å². The van der Waals surface area contributed by atoms with Gasteiger partial charge in [0.25, 0.3) is 5.91 Å². The third-order valence-electron chi connectivity index (χ3n) is 4.16. The molecule has 1 aromatic heterocycles. The SMILES string of the molecule is Cc1ccc(Nc2nc(C(=O)Nc3ccc4c(c3)OCCO4)cs2)c(C)c1. The van der Waals surface area contributed by atoms with Crippen LogP contribution in [0.25, 0.3) is 0 Å². The van der Waals surface area contributed by atoms with E-state index < -0.39 is 0 Å². The molecule has 0 saturated heterocycles. The molecule has 1 aliphatic heterocycles. The van der Waals surface area contributed by atoms with Crippen LogP contribution in [0, 0.1) is 13.8 Å².